The minimum absolute atomic E-state index is 0.0796. The molecule has 2 unspecified atom stereocenters. The van der Waals surface area contributed by atoms with E-state index in [1.807, 2.05) is 18.2 Å². The van der Waals surface area contributed by atoms with Crippen molar-refractivity contribution in [3.05, 3.63) is 71.3 Å². The second-order valence-corrected chi connectivity index (χ2v) is 10.2. The molecule has 0 saturated carbocycles. The molecule has 8 nitrogen and oxygen atoms in total. The van der Waals surface area contributed by atoms with E-state index >= 15 is 0 Å². The van der Waals surface area contributed by atoms with Gasteiger partial charge in [0.25, 0.3) is 0 Å². The average Bonchev–Trinajstić information content (AvgIpc) is 3.88. The van der Waals surface area contributed by atoms with Gasteiger partial charge in [0.15, 0.2) is 0 Å². The van der Waals surface area contributed by atoms with Gasteiger partial charge in [0, 0.05) is 5.56 Å². The van der Waals surface area contributed by atoms with Crippen LogP contribution >= 0.6 is 0 Å². The van der Waals surface area contributed by atoms with Gasteiger partial charge in [-0.05, 0) is 71.5 Å². The van der Waals surface area contributed by atoms with Gasteiger partial charge in [-0.25, -0.2) is 9.59 Å². The molecular formula is C32H34O8. The highest BCUT2D eigenvalue weighted by Gasteiger charge is 2.25. The number of carbonyl (C=O) groups is 2. The number of ether oxygens (including phenoxy) is 4. The van der Waals surface area contributed by atoms with Gasteiger partial charge < -0.3 is 29.2 Å². The Bertz CT molecular complexity index is 1370. The topological polar surface area (TPSA) is 118 Å². The Kier molecular flexibility index (Phi) is 8.67. The molecule has 2 N–H and O–H groups in total. The van der Waals surface area contributed by atoms with Crippen LogP contribution in [-0.4, -0.2) is 60.8 Å². The Hall–Kier alpha value is -3.88. The minimum atomic E-state index is -1.03. The predicted molar refractivity (Wildman–Crippen MR) is 150 cm³/mol. The van der Waals surface area contributed by atoms with Gasteiger partial charge in [-0.2, -0.15) is 0 Å². The fraction of sp³-hybridized carbons (Fsp3) is 0.375. The van der Waals surface area contributed by atoms with Crippen molar-refractivity contribution in [3.8, 4) is 33.8 Å². The SMILES string of the molecule is CCCCCCc1cc(-c2cc(OCC3CO3)ccc2C(=O)O)ccc1-c1cc(OCC2CO2)ccc1C(=O)O. The van der Waals surface area contributed by atoms with Crippen LogP contribution in [0.5, 0.6) is 11.5 Å². The second-order valence-electron chi connectivity index (χ2n) is 10.2. The minimum Gasteiger partial charge on any atom is -0.491 e. The third-order valence-electron chi connectivity index (χ3n) is 7.13. The van der Waals surface area contributed by atoms with Crippen LogP contribution in [0.1, 0.15) is 58.9 Å². The van der Waals surface area contributed by atoms with Crippen LogP contribution in [0.3, 0.4) is 0 Å². The lowest BCUT2D eigenvalue weighted by atomic mass is 9.89. The number of hydrogen-bond acceptors (Lipinski definition) is 6. The summed E-state index contributed by atoms with van der Waals surface area (Å²) in [4.78, 5) is 24.3. The molecule has 0 spiro atoms. The van der Waals surface area contributed by atoms with Crippen LogP contribution in [0, 0.1) is 0 Å². The third-order valence-corrected chi connectivity index (χ3v) is 7.13. The first-order chi connectivity index (χ1) is 19.4. The molecule has 40 heavy (non-hydrogen) atoms. The Labute approximate surface area is 233 Å². The average molecular weight is 547 g/mol. The van der Waals surface area contributed by atoms with E-state index in [1.54, 1.807) is 36.4 Å². The van der Waals surface area contributed by atoms with E-state index in [0.717, 1.165) is 48.8 Å². The lowest BCUT2D eigenvalue weighted by Gasteiger charge is -2.17. The van der Waals surface area contributed by atoms with E-state index in [2.05, 4.69) is 6.92 Å². The number of aromatic carboxylic acids is 2. The summed E-state index contributed by atoms with van der Waals surface area (Å²) in [5, 5.41) is 19.9. The van der Waals surface area contributed by atoms with Crippen molar-refractivity contribution in [2.75, 3.05) is 26.4 Å². The van der Waals surface area contributed by atoms with Crippen molar-refractivity contribution in [2.45, 2.75) is 51.2 Å². The zero-order valence-corrected chi connectivity index (χ0v) is 22.6. The number of carboxylic acids is 2. The van der Waals surface area contributed by atoms with Crippen LogP contribution in [-0.2, 0) is 15.9 Å². The fourth-order valence-electron chi connectivity index (χ4n) is 4.74. The molecule has 2 atom stereocenters. The van der Waals surface area contributed by atoms with Gasteiger partial charge in [-0.15, -0.1) is 0 Å². The molecule has 2 aliphatic heterocycles. The first-order valence-corrected chi connectivity index (χ1v) is 13.8. The molecule has 8 heteroatoms. The third kappa shape index (κ3) is 7.00. The van der Waals surface area contributed by atoms with E-state index in [0.29, 0.717) is 49.1 Å². The van der Waals surface area contributed by atoms with E-state index in [-0.39, 0.29) is 23.3 Å². The van der Waals surface area contributed by atoms with Crippen molar-refractivity contribution in [3.63, 3.8) is 0 Å². The van der Waals surface area contributed by atoms with Crippen molar-refractivity contribution < 1.29 is 38.7 Å². The maximum Gasteiger partial charge on any atom is 0.336 e. The summed E-state index contributed by atoms with van der Waals surface area (Å²) >= 11 is 0. The lowest BCUT2D eigenvalue weighted by molar-refractivity contribution is 0.0686. The highest BCUT2D eigenvalue weighted by atomic mass is 16.6. The Balaban J connectivity index is 1.54. The molecule has 3 aromatic rings. The highest BCUT2D eigenvalue weighted by Crippen LogP contribution is 2.36. The molecule has 0 bridgehead atoms. The number of rotatable bonds is 15. The first kappa shape index (κ1) is 27.7. The Morgan fingerprint density at radius 2 is 1.32 bits per heavy atom. The van der Waals surface area contributed by atoms with Crippen LogP contribution in [0.2, 0.25) is 0 Å². The van der Waals surface area contributed by atoms with Crippen molar-refractivity contribution in [1.29, 1.82) is 0 Å². The van der Waals surface area contributed by atoms with Crippen molar-refractivity contribution >= 4 is 11.9 Å². The smallest absolute Gasteiger partial charge is 0.336 e. The Morgan fingerprint density at radius 3 is 1.88 bits per heavy atom. The summed E-state index contributed by atoms with van der Waals surface area (Å²) in [5.41, 5.74) is 3.94. The normalized spacial score (nSPS) is 17.3. The Morgan fingerprint density at radius 1 is 0.750 bits per heavy atom. The molecule has 5 rings (SSSR count). The number of benzene rings is 3. The standard InChI is InChI=1S/C32H34O8/c1-2-3-4-5-6-20-13-21(29-14-22(37-16-24-18-39-24)8-11-27(29)31(33)34)7-10-26(20)30-15-23(38-17-25-19-40-25)9-12-28(30)32(35)36/h7-15,24-25H,2-6,16-19H2,1H3,(H,33,34)(H,35,36). The molecule has 3 aromatic carbocycles. The second kappa shape index (κ2) is 12.5. The molecule has 0 amide bonds. The first-order valence-electron chi connectivity index (χ1n) is 13.8. The monoisotopic (exact) mass is 546 g/mol. The predicted octanol–water partition coefficient (Wildman–Crippen LogP) is 6.10. The van der Waals surface area contributed by atoms with Gasteiger partial charge in [0.1, 0.15) is 36.9 Å². The number of epoxide rings is 2. The van der Waals surface area contributed by atoms with Gasteiger partial charge in [0.05, 0.1) is 24.3 Å². The quantitative estimate of drug-likeness (QED) is 0.174. The number of hydrogen-bond donors (Lipinski definition) is 2. The van der Waals surface area contributed by atoms with Crippen LogP contribution in [0.15, 0.2) is 54.6 Å². The summed E-state index contributed by atoms with van der Waals surface area (Å²) in [7, 11) is 0. The van der Waals surface area contributed by atoms with Gasteiger partial charge in [-0.3, -0.25) is 0 Å². The summed E-state index contributed by atoms with van der Waals surface area (Å²) < 4.78 is 22.2. The largest absolute Gasteiger partial charge is 0.491 e. The van der Waals surface area contributed by atoms with Crippen LogP contribution in [0.25, 0.3) is 22.3 Å². The molecule has 210 valence electrons. The van der Waals surface area contributed by atoms with E-state index < -0.39 is 11.9 Å². The molecule has 2 fully saturated rings. The molecule has 0 aliphatic carbocycles. The molecular weight excluding hydrogens is 512 g/mol. The van der Waals surface area contributed by atoms with Crippen LogP contribution < -0.4 is 9.47 Å². The van der Waals surface area contributed by atoms with E-state index in [4.69, 9.17) is 18.9 Å². The molecule has 0 radical (unpaired) electrons. The summed E-state index contributed by atoms with van der Waals surface area (Å²) in [6.45, 7) is 4.32. The lowest BCUT2D eigenvalue weighted by Crippen LogP contribution is -2.07. The van der Waals surface area contributed by atoms with Crippen LogP contribution in [0.4, 0.5) is 0 Å². The van der Waals surface area contributed by atoms with Gasteiger partial charge in [-0.1, -0.05) is 44.4 Å². The number of unbranched alkanes of at least 4 members (excludes halogenated alkanes) is 3. The fourth-order valence-corrected chi connectivity index (χ4v) is 4.74. The van der Waals surface area contributed by atoms with E-state index in [9.17, 15) is 19.8 Å². The maximum atomic E-state index is 12.2. The van der Waals surface area contributed by atoms with E-state index in [1.165, 1.54) is 0 Å². The van der Waals surface area contributed by atoms with Gasteiger partial charge >= 0.3 is 11.9 Å². The number of carboxylic acid groups (broad SMARTS) is 2. The summed E-state index contributed by atoms with van der Waals surface area (Å²) in [5.74, 6) is -0.903. The zero-order valence-electron chi connectivity index (χ0n) is 22.6. The highest BCUT2D eigenvalue weighted by molar-refractivity contribution is 5.99. The maximum absolute atomic E-state index is 12.2. The van der Waals surface area contributed by atoms with Crippen molar-refractivity contribution in [2.24, 2.45) is 0 Å². The summed E-state index contributed by atoms with van der Waals surface area (Å²) in [6, 6.07) is 15.7. The molecule has 2 heterocycles. The number of aryl methyl sites for hydroxylation is 1. The molecule has 2 aliphatic rings. The summed E-state index contributed by atoms with van der Waals surface area (Å²) in [6.07, 6.45) is 5.06. The van der Waals surface area contributed by atoms with Crippen molar-refractivity contribution in [1.82, 2.24) is 0 Å². The molecule has 2 saturated heterocycles. The van der Waals surface area contributed by atoms with Gasteiger partial charge in [0.2, 0.25) is 0 Å². The zero-order chi connectivity index (χ0) is 28.1. The molecule has 0 aromatic heterocycles.